The van der Waals surface area contributed by atoms with Gasteiger partial charge in [0, 0.05) is 11.2 Å². The molecule has 0 spiro atoms. The molecule has 1 atom stereocenters. The number of unbranched alkanes of at least 4 members (excludes halogenated alkanes) is 1. The molecule has 0 saturated carbocycles. The topological polar surface area (TPSA) is 9.23 Å². The van der Waals surface area contributed by atoms with Crippen LogP contribution >= 0.6 is 15.9 Å². The quantitative estimate of drug-likeness (QED) is 0.604. The van der Waals surface area contributed by atoms with Crippen LogP contribution in [0.5, 0.6) is 5.75 Å². The van der Waals surface area contributed by atoms with Crippen LogP contribution in [0, 0.1) is 11.3 Å². The van der Waals surface area contributed by atoms with Crippen molar-refractivity contribution in [3.63, 3.8) is 0 Å². The van der Waals surface area contributed by atoms with Crippen molar-refractivity contribution in [1.82, 2.24) is 0 Å². The number of hydrogen-bond acceptors (Lipinski definition) is 1. The van der Waals surface area contributed by atoms with Crippen LogP contribution in [-0.4, -0.2) is 11.9 Å². The van der Waals surface area contributed by atoms with Crippen LogP contribution in [-0.2, 0) is 6.42 Å². The minimum Gasteiger partial charge on any atom is -0.493 e. The van der Waals surface area contributed by atoms with Gasteiger partial charge in [-0.3, -0.25) is 0 Å². The summed E-state index contributed by atoms with van der Waals surface area (Å²) in [5.41, 5.74) is 1.67. The Morgan fingerprint density at radius 1 is 1.16 bits per heavy atom. The standard InChI is InChI=1S/C17H27BrO/c1-5-6-7-14-8-10-16(11-9-14)19-13-15(12-18)17(2,3)4/h8-11,15H,5-7,12-13H2,1-4H3. The van der Waals surface area contributed by atoms with Crippen LogP contribution < -0.4 is 4.74 Å². The molecule has 0 N–H and O–H groups in total. The molecule has 1 aromatic carbocycles. The fourth-order valence-electron chi connectivity index (χ4n) is 1.86. The summed E-state index contributed by atoms with van der Waals surface area (Å²) in [6.45, 7) is 9.77. The van der Waals surface area contributed by atoms with Crippen molar-refractivity contribution in [2.75, 3.05) is 11.9 Å². The van der Waals surface area contributed by atoms with Gasteiger partial charge in [-0.1, -0.05) is 62.2 Å². The normalized spacial score (nSPS) is 13.3. The minimum absolute atomic E-state index is 0.268. The highest BCUT2D eigenvalue weighted by Crippen LogP contribution is 2.28. The molecule has 2 heteroatoms. The van der Waals surface area contributed by atoms with E-state index in [0.29, 0.717) is 5.92 Å². The lowest BCUT2D eigenvalue weighted by Gasteiger charge is -2.29. The fourth-order valence-corrected chi connectivity index (χ4v) is 3.01. The minimum atomic E-state index is 0.268. The van der Waals surface area contributed by atoms with Gasteiger partial charge in [0.15, 0.2) is 0 Å². The summed E-state index contributed by atoms with van der Waals surface area (Å²) >= 11 is 3.59. The molecule has 0 aliphatic carbocycles. The first kappa shape index (κ1) is 16.6. The Morgan fingerprint density at radius 2 is 1.79 bits per heavy atom. The first-order chi connectivity index (χ1) is 8.97. The summed E-state index contributed by atoms with van der Waals surface area (Å²) in [6, 6.07) is 8.56. The molecule has 1 nitrogen and oxygen atoms in total. The van der Waals surface area contributed by atoms with E-state index in [1.165, 1.54) is 24.8 Å². The lowest BCUT2D eigenvalue weighted by Crippen LogP contribution is -2.27. The van der Waals surface area contributed by atoms with Gasteiger partial charge in [0.05, 0.1) is 6.61 Å². The zero-order valence-corrected chi connectivity index (χ0v) is 14.3. The zero-order chi connectivity index (χ0) is 14.3. The number of hydrogen-bond donors (Lipinski definition) is 0. The summed E-state index contributed by atoms with van der Waals surface area (Å²) in [5.74, 6) is 1.50. The molecule has 0 heterocycles. The maximum absolute atomic E-state index is 5.92. The number of alkyl halides is 1. The zero-order valence-electron chi connectivity index (χ0n) is 12.7. The van der Waals surface area contributed by atoms with Crippen molar-refractivity contribution in [1.29, 1.82) is 0 Å². The van der Waals surface area contributed by atoms with Crippen molar-refractivity contribution in [2.24, 2.45) is 11.3 Å². The molecule has 0 saturated heterocycles. The van der Waals surface area contributed by atoms with E-state index < -0.39 is 0 Å². The molecule has 19 heavy (non-hydrogen) atoms. The fraction of sp³-hybridized carbons (Fsp3) is 0.647. The van der Waals surface area contributed by atoms with Gasteiger partial charge in [-0.2, -0.15) is 0 Å². The number of aryl methyl sites for hydroxylation is 1. The summed E-state index contributed by atoms with van der Waals surface area (Å²) in [4.78, 5) is 0. The number of benzene rings is 1. The van der Waals surface area contributed by atoms with Gasteiger partial charge in [0.1, 0.15) is 5.75 Å². The van der Waals surface area contributed by atoms with Gasteiger partial charge in [0.2, 0.25) is 0 Å². The second-order valence-corrected chi connectivity index (χ2v) is 6.92. The first-order valence-corrected chi connectivity index (χ1v) is 8.37. The summed E-state index contributed by atoms with van der Waals surface area (Å²) in [6.07, 6.45) is 3.68. The highest BCUT2D eigenvalue weighted by Gasteiger charge is 2.24. The maximum Gasteiger partial charge on any atom is 0.119 e. The maximum atomic E-state index is 5.92. The molecule has 0 bridgehead atoms. The van der Waals surface area contributed by atoms with Crippen LogP contribution in [0.3, 0.4) is 0 Å². The Hall–Kier alpha value is -0.500. The van der Waals surface area contributed by atoms with Crippen LogP contribution in [0.1, 0.15) is 46.1 Å². The summed E-state index contributed by atoms with van der Waals surface area (Å²) in [7, 11) is 0. The van der Waals surface area contributed by atoms with Gasteiger partial charge in [0.25, 0.3) is 0 Å². The van der Waals surface area contributed by atoms with Crippen LogP contribution in [0.25, 0.3) is 0 Å². The first-order valence-electron chi connectivity index (χ1n) is 7.25. The molecule has 1 aromatic rings. The molecule has 0 aliphatic rings. The molecule has 0 radical (unpaired) electrons. The summed E-state index contributed by atoms with van der Waals surface area (Å²) < 4.78 is 5.92. The van der Waals surface area contributed by atoms with E-state index in [-0.39, 0.29) is 5.41 Å². The smallest absolute Gasteiger partial charge is 0.119 e. The van der Waals surface area contributed by atoms with Crippen molar-refractivity contribution >= 4 is 15.9 Å². The Kier molecular flexibility index (Phi) is 6.92. The molecule has 1 unspecified atom stereocenters. The predicted molar refractivity (Wildman–Crippen MR) is 87.3 cm³/mol. The summed E-state index contributed by atoms with van der Waals surface area (Å²) in [5, 5.41) is 0.977. The largest absolute Gasteiger partial charge is 0.493 e. The van der Waals surface area contributed by atoms with Gasteiger partial charge in [-0.25, -0.2) is 0 Å². The highest BCUT2D eigenvalue weighted by atomic mass is 79.9. The predicted octanol–water partition coefficient (Wildman–Crippen LogP) is 5.47. The van der Waals surface area contributed by atoms with E-state index in [9.17, 15) is 0 Å². The highest BCUT2D eigenvalue weighted by molar-refractivity contribution is 9.09. The third-order valence-electron chi connectivity index (χ3n) is 3.60. The van der Waals surface area contributed by atoms with Crippen molar-refractivity contribution in [3.05, 3.63) is 29.8 Å². The molecule has 0 aromatic heterocycles. The molecular formula is C17H27BrO. The van der Waals surface area contributed by atoms with Gasteiger partial charge >= 0.3 is 0 Å². The molecule has 0 fully saturated rings. The Balaban J connectivity index is 2.49. The third-order valence-corrected chi connectivity index (χ3v) is 4.39. The van der Waals surface area contributed by atoms with E-state index >= 15 is 0 Å². The monoisotopic (exact) mass is 326 g/mol. The average Bonchev–Trinajstić information content (AvgIpc) is 2.37. The number of ether oxygens (including phenoxy) is 1. The molecular weight excluding hydrogens is 300 g/mol. The van der Waals surface area contributed by atoms with E-state index in [0.717, 1.165) is 17.7 Å². The van der Waals surface area contributed by atoms with E-state index in [4.69, 9.17) is 4.74 Å². The van der Waals surface area contributed by atoms with E-state index in [2.05, 4.69) is 67.9 Å². The Morgan fingerprint density at radius 3 is 2.26 bits per heavy atom. The number of halogens is 1. The van der Waals surface area contributed by atoms with Crippen molar-refractivity contribution < 1.29 is 4.74 Å². The van der Waals surface area contributed by atoms with E-state index in [1.54, 1.807) is 0 Å². The molecule has 0 amide bonds. The lowest BCUT2D eigenvalue weighted by atomic mass is 9.83. The van der Waals surface area contributed by atoms with Crippen LogP contribution in [0.2, 0.25) is 0 Å². The Bertz CT molecular complexity index is 351. The average molecular weight is 327 g/mol. The SMILES string of the molecule is CCCCc1ccc(OCC(CBr)C(C)(C)C)cc1. The van der Waals surface area contributed by atoms with Crippen LogP contribution in [0.4, 0.5) is 0 Å². The van der Waals surface area contributed by atoms with Gasteiger partial charge in [-0.05, 0) is 36.0 Å². The van der Waals surface area contributed by atoms with Gasteiger partial charge < -0.3 is 4.74 Å². The second-order valence-electron chi connectivity index (χ2n) is 6.28. The molecule has 1 rings (SSSR count). The third kappa shape index (κ3) is 5.99. The van der Waals surface area contributed by atoms with Crippen molar-refractivity contribution in [3.8, 4) is 5.75 Å². The second kappa shape index (κ2) is 7.94. The lowest BCUT2D eigenvalue weighted by molar-refractivity contribution is 0.166. The van der Waals surface area contributed by atoms with Crippen molar-refractivity contribution in [2.45, 2.75) is 47.0 Å². The molecule has 108 valence electrons. The Labute approximate surface area is 126 Å². The van der Waals surface area contributed by atoms with E-state index in [1.807, 2.05) is 0 Å². The number of rotatable bonds is 7. The molecule has 0 aliphatic heterocycles. The van der Waals surface area contributed by atoms with Gasteiger partial charge in [-0.15, -0.1) is 0 Å². The van der Waals surface area contributed by atoms with Crippen LogP contribution in [0.15, 0.2) is 24.3 Å².